The molecule has 66 valence electrons. The third-order valence-electron chi connectivity index (χ3n) is 2.54. The largest absolute Gasteiger partial charge is 0.464 e. The molecule has 0 bridgehead atoms. The number of fused-ring (bicyclic) bond motifs is 3. The molecule has 1 aromatic carbocycles. The van der Waals surface area contributed by atoms with Gasteiger partial charge in [0.15, 0.2) is 0 Å². The number of hydroxylamine groups is 1. The molecule has 1 aliphatic heterocycles. The van der Waals surface area contributed by atoms with Crippen LogP contribution in [0.2, 0.25) is 0 Å². The Kier molecular flexibility index (Phi) is 1.21. The summed E-state index contributed by atoms with van der Waals surface area (Å²) in [7, 11) is 0. The number of hydrogen-bond donors (Lipinski definition) is 1. The maximum Gasteiger partial charge on any atom is 0.136 e. The Morgan fingerprint density at radius 3 is 3.15 bits per heavy atom. The Morgan fingerprint density at radius 1 is 1.31 bits per heavy atom. The second-order valence-electron chi connectivity index (χ2n) is 3.28. The van der Waals surface area contributed by atoms with E-state index in [0.717, 1.165) is 23.1 Å². The summed E-state index contributed by atoms with van der Waals surface area (Å²) < 4.78 is 5.25. The van der Waals surface area contributed by atoms with E-state index >= 15 is 0 Å². The van der Waals surface area contributed by atoms with Crippen molar-refractivity contribution in [3.8, 4) is 0 Å². The molecule has 1 aromatic heterocycles. The zero-order chi connectivity index (χ0) is 8.84. The van der Waals surface area contributed by atoms with Gasteiger partial charge < -0.3 is 4.42 Å². The second-order valence-corrected chi connectivity index (χ2v) is 3.28. The average molecular weight is 175 g/mol. The maximum atomic E-state index is 9.59. The van der Waals surface area contributed by atoms with E-state index in [9.17, 15) is 5.21 Å². The van der Waals surface area contributed by atoms with Crippen molar-refractivity contribution in [1.82, 2.24) is 0 Å². The van der Waals surface area contributed by atoms with E-state index in [1.165, 1.54) is 10.6 Å². The van der Waals surface area contributed by atoms with Gasteiger partial charge in [-0.25, -0.2) is 0 Å². The highest BCUT2D eigenvalue weighted by molar-refractivity contribution is 5.93. The molecule has 0 atom stereocenters. The van der Waals surface area contributed by atoms with Crippen molar-refractivity contribution in [1.29, 1.82) is 0 Å². The van der Waals surface area contributed by atoms with Gasteiger partial charge in [0, 0.05) is 11.9 Å². The van der Waals surface area contributed by atoms with Crippen LogP contribution in [0.1, 0.15) is 5.56 Å². The molecular weight excluding hydrogens is 166 g/mol. The molecule has 1 aliphatic rings. The average Bonchev–Trinajstić information content (AvgIpc) is 2.70. The molecular formula is C10H9NO2. The molecule has 3 nitrogen and oxygen atoms in total. The number of rotatable bonds is 0. The van der Waals surface area contributed by atoms with E-state index in [1.807, 2.05) is 18.2 Å². The molecule has 1 N–H and O–H groups in total. The van der Waals surface area contributed by atoms with Gasteiger partial charge in [-0.15, -0.1) is 0 Å². The van der Waals surface area contributed by atoms with Crippen LogP contribution < -0.4 is 5.06 Å². The predicted octanol–water partition coefficient (Wildman–Crippen LogP) is 2.18. The van der Waals surface area contributed by atoms with Gasteiger partial charge in [0.05, 0.1) is 12.0 Å². The lowest BCUT2D eigenvalue weighted by atomic mass is 10.1. The van der Waals surface area contributed by atoms with Crippen molar-refractivity contribution in [2.45, 2.75) is 6.42 Å². The van der Waals surface area contributed by atoms with Gasteiger partial charge in [-0.2, -0.15) is 0 Å². The fourth-order valence-corrected chi connectivity index (χ4v) is 1.92. The summed E-state index contributed by atoms with van der Waals surface area (Å²) in [6.07, 6.45) is 2.56. The molecule has 3 heteroatoms. The highest BCUT2D eigenvalue weighted by Crippen LogP contribution is 2.34. The van der Waals surface area contributed by atoms with Crippen molar-refractivity contribution >= 4 is 16.7 Å². The molecule has 2 aromatic rings. The smallest absolute Gasteiger partial charge is 0.136 e. The van der Waals surface area contributed by atoms with Gasteiger partial charge in [-0.1, -0.05) is 6.07 Å². The summed E-state index contributed by atoms with van der Waals surface area (Å²) in [5.41, 5.74) is 2.93. The summed E-state index contributed by atoms with van der Waals surface area (Å²) in [5.74, 6) is 0. The van der Waals surface area contributed by atoms with E-state index in [0.29, 0.717) is 6.54 Å². The van der Waals surface area contributed by atoms with E-state index in [1.54, 1.807) is 6.26 Å². The lowest BCUT2D eigenvalue weighted by Crippen LogP contribution is -2.13. The molecule has 0 amide bonds. The maximum absolute atomic E-state index is 9.59. The van der Waals surface area contributed by atoms with Crippen LogP contribution in [0.3, 0.4) is 0 Å². The standard InChI is InChI=1S/C10H9NO2/c12-11-5-3-7-1-2-9-8(10(7)11)4-6-13-9/h1-2,4,6,12H,3,5H2. The summed E-state index contributed by atoms with van der Waals surface area (Å²) in [5, 5.41) is 11.9. The van der Waals surface area contributed by atoms with Gasteiger partial charge in [0.2, 0.25) is 0 Å². The normalized spacial score (nSPS) is 15.3. The van der Waals surface area contributed by atoms with Gasteiger partial charge in [-0.3, -0.25) is 10.3 Å². The van der Waals surface area contributed by atoms with Crippen molar-refractivity contribution in [3.05, 3.63) is 30.0 Å². The van der Waals surface area contributed by atoms with Crippen LogP contribution in [0.25, 0.3) is 11.0 Å². The van der Waals surface area contributed by atoms with E-state index in [-0.39, 0.29) is 0 Å². The SMILES string of the molecule is ON1CCc2ccc3occc3c21. The topological polar surface area (TPSA) is 36.6 Å². The molecule has 3 rings (SSSR count). The van der Waals surface area contributed by atoms with Crippen LogP contribution in [-0.4, -0.2) is 11.8 Å². The molecule has 0 spiro atoms. The van der Waals surface area contributed by atoms with Crippen LogP contribution in [0.4, 0.5) is 5.69 Å². The van der Waals surface area contributed by atoms with Crippen molar-refractivity contribution in [2.24, 2.45) is 0 Å². The highest BCUT2D eigenvalue weighted by Gasteiger charge is 2.20. The number of furan rings is 1. The van der Waals surface area contributed by atoms with Crippen molar-refractivity contribution < 1.29 is 9.62 Å². The molecule has 2 heterocycles. The Hall–Kier alpha value is -1.48. The van der Waals surface area contributed by atoms with Crippen molar-refractivity contribution in [3.63, 3.8) is 0 Å². The van der Waals surface area contributed by atoms with Crippen LogP contribution in [-0.2, 0) is 6.42 Å². The molecule has 0 fully saturated rings. The fraction of sp³-hybridized carbons (Fsp3) is 0.200. The van der Waals surface area contributed by atoms with Crippen LogP contribution in [0, 0.1) is 0 Å². The third-order valence-corrected chi connectivity index (χ3v) is 2.54. The van der Waals surface area contributed by atoms with Crippen LogP contribution >= 0.6 is 0 Å². The minimum absolute atomic E-state index is 0.680. The number of hydrogen-bond acceptors (Lipinski definition) is 3. The first-order valence-corrected chi connectivity index (χ1v) is 4.32. The minimum atomic E-state index is 0.680. The second kappa shape index (κ2) is 2.26. The van der Waals surface area contributed by atoms with Gasteiger partial charge in [0.25, 0.3) is 0 Å². The predicted molar refractivity (Wildman–Crippen MR) is 49.1 cm³/mol. The molecule has 13 heavy (non-hydrogen) atoms. The quantitative estimate of drug-likeness (QED) is 0.666. The first-order chi connectivity index (χ1) is 6.36. The summed E-state index contributed by atoms with van der Waals surface area (Å²) >= 11 is 0. The van der Waals surface area contributed by atoms with E-state index < -0.39 is 0 Å². The van der Waals surface area contributed by atoms with Gasteiger partial charge in [0.1, 0.15) is 5.58 Å². The Morgan fingerprint density at radius 2 is 2.23 bits per heavy atom. The monoisotopic (exact) mass is 175 g/mol. The number of anilines is 1. The zero-order valence-electron chi connectivity index (χ0n) is 7.03. The minimum Gasteiger partial charge on any atom is -0.464 e. The zero-order valence-corrected chi connectivity index (χ0v) is 7.03. The van der Waals surface area contributed by atoms with Crippen molar-refractivity contribution in [2.75, 3.05) is 11.6 Å². The van der Waals surface area contributed by atoms with Gasteiger partial charge >= 0.3 is 0 Å². The summed E-state index contributed by atoms with van der Waals surface area (Å²) in [4.78, 5) is 0. The third kappa shape index (κ3) is 0.820. The first-order valence-electron chi connectivity index (χ1n) is 4.32. The molecule has 0 saturated heterocycles. The number of benzene rings is 1. The fourth-order valence-electron chi connectivity index (χ4n) is 1.92. The van der Waals surface area contributed by atoms with E-state index in [4.69, 9.17) is 4.42 Å². The highest BCUT2D eigenvalue weighted by atomic mass is 16.5. The summed E-state index contributed by atoms with van der Waals surface area (Å²) in [6, 6.07) is 5.85. The molecule has 0 saturated carbocycles. The summed E-state index contributed by atoms with van der Waals surface area (Å²) in [6.45, 7) is 0.680. The molecule has 0 unspecified atom stereocenters. The number of nitrogens with zero attached hydrogens (tertiary/aromatic N) is 1. The molecule has 0 aliphatic carbocycles. The van der Waals surface area contributed by atoms with Crippen LogP contribution in [0.15, 0.2) is 28.9 Å². The van der Waals surface area contributed by atoms with E-state index in [2.05, 4.69) is 0 Å². The Bertz CT molecular complexity index is 461. The van der Waals surface area contributed by atoms with Gasteiger partial charge in [-0.05, 0) is 24.1 Å². The molecule has 0 radical (unpaired) electrons. The lowest BCUT2D eigenvalue weighted by Gasteiger charge is -2.09. The van der Waals surface area contributed by atoms with Crippen LogP contribution in [0.5, 0.6) is 0 Å². The lowest BCUT2D eigenvalue weighted by molar-refractivity contribution is 0.265. The first kappa shape index (κ1) is 6.97. The Balaban J connectivity index is 2.42. The Labute approximate surface area is 75.1 Å².